The van der Waals surface area contributed by atoms with Gasteiger partial charge in [-0.05, 0) is 41.9 Å². The fraction of sp³-hybridized carbons (Fsp3) is 0.200. The van der Waals surface area contributed by atoms with Gasteiger partial charge in [0.2, 0.25) is 0 Å². The van der Waals surface area contributed by atoms with Crippen LogP contribution >= 0.6 is 15.9 Å². The zero-order valence-electron chi connectivity index (χ0n) is 8.03. The monoisotopic (exact) mass is 251 g/mol. The second-order valence-corrected chi connectivity index (χ2v) is 4.02. The quantitative estimate of drug-likeness (QED) is 0.781. The van der Waals surface area contributed by atoms with Crippen LogP contribution in [0.4, 0.5) is 0 Å². The molecule has 0 fully saturated rings. The van der Waals surface area contributed by atoms with E-state index in [1.165, 1.54) is 0 Å². The van der Waals surface area contributed by atoms with E-state index in [9.17, 15) is 0 Å². The number of rotatable bonds is 1. The summed E-state index contributed by atoms with van der Waals surface area (Å²) in [5.41, 5.74) is 3.09. The Morgan fingerprint density at radius 1 is 1.36 bits per heavy atom. The number of halogens is 1. The van der Waals surface area contributed by atoms with Crippen LogP contribution in [0.2, 0.25) is 0 Å². The maximum atomic E-state index is 4.39. The van der Waals surface area contributed by atoms with Crippen LogP contribution in [0.25, 0.3) is 5.69 Å². The molecular weight excluding hydrogens is 242 g/mol. The molecule has 0 N–H and O–H groups in total. The lowest BCUT2D eigenvalue weighted by Crippen LogP contribution is -2.00. The minimum absolute atomic E-state index is 0.970. The fourth-order valence-corrected chi connectivity index (χ4v) is 1.79. The van der Waals surface area contributed by atoms with Crippen molar-refractivity contribution in [3.8, 4) is 5.69 Å². The molecule has 14 heavy (non-hydrogen) atoms. The molecule has 0 atom stereocenters. The molecule has 4 heteroatoms. The van der Waals surface area contributed by atoms with Gasteiger partial charge in [-0.2, -0.15) is 5.10 Å². The molecule has 3 nitrogen and oxygen atoms in total. The average molecular weight is 252 g/mol. The van der Waals surface area contributed by atoms with Crippen molar-refractivity contribution < 1.29 is 0 Å². The molecule has 0 aliphatic heterocycles. The molecule has 0 amide bonds. The number of aryl methyl sites for hydroxylation is 2. The summed E-state index contributed by atoms with van der Waals surface area (Å²) < 4.78 is 2.88. The highest BCUT2D eigenvalue weighted by Crippen LogP contribution is 2.20. The van der Waals surface area contributed by atoms with Gasteiger partial charge in [0, 0.05) is 16.4 Å². The van der Waals surface area contributed by atoms with E-state index in [1.54, 1.807) is 12.4 Å². The number of hydrogen-bond donors (Lipinski definition) is 0. The average Bonchev–Trinajstić information content (AvgIpc) is 2.46. The van der Waals surface area contributed by atoms with Crippen molar-refractivity contribution in [1.29, 1.82) is 0 Å². The Kier molecular flexibility index (Phi) is 2.37. The summed E-state index contributed by atoms with van der Waals surface area (Å²) in [4.78, 5) is 4.08. The van der Waals surface area contributed by atoms with Gasteiger partial charge in [0.1, 0.15) is 0 Å². The molecule has 0 saturated carbocycles. The summed E-state index contributed by atoms with van der Waals surface area (Å²) in [5, 5.41) is 4.39. The van der Waals surface area contributed by atoms with E-state index in [0.717, 1.165) is 21.5 Å². The molecular formula is C10H10BrN3. The van der Waals surface area contributed by atoms with Crippen LogP contribution in [0.5, 0.6) is 0 Å². The van der Waals surface area contributed by atoms with Crippen LogP contribution in [-0.4, -0.2) is 14.8 Å². The SMILES string of the molecule is Cc1cc(C)n(-c2cnccc2Br)n1. The summed E-state index contributed by atoms with van der Waals surface area (Å²) >= 11 is 3.48. The normalized spacial score (nSPS) is 10.5. The van der Waals surface area contributed by atoms with Crippen molar-refractivity contribution in [3.63, 3.8) is 0 Å². The third kappa shape index (κ3) is 1.57. The highest BCUT2D eigenvalue weighted by molar-refractivity contribution is 9.10. The van der Waals surface area contributed by atoms with Gasteiger partial charge in [0.05, 0.1) is 17.6 Å². The summed E-state index contributed by atoms with van der Waals surface area (Å²) in [6.07, 6.45) is 3.54. The molecule has 0 spiro atoms. The summed E-state index contributed by atoms with van der Waals surface area (Å²) in [5.74, 6) is 0. The van der Waals surface area contributed by atoms with E-state index < -0.39 is 0 Å². The predicted molar refractivity (Wildman–Crippen MR) is 58.5 cm³/mol. The molecule has 0 aliphatic rings. The van der Waals surface area contributed by atoms with Crippen molar-refractivity contribution in [2.45, 2.75) is 13.8 Å². The molecule has 0 radical (unpaired) electrons. The second kappa shape index (κ2) is 3.53. The van der Waals surface area contributed by atoms with Gasteiger partial charge >= 0.3 is 0 Å². The molecule has 0 saturated heterocycles. The Morgan fingerprint density at radius 3 is 2.71 bits per heavy atom. The topological polar surface area (TPSA) is 30.7 Å². The molecule has 2 aromatic heterocycles. The standard InChI is InChI=1S/C10H10BrN3/c1-7-5-8(2)14(13-7)10-6-12-4-3-9(10)11/h3-6H,1-2H3. The maximum Gasteiger partial charge on any atom is 0.0973 e. The van der Waals surface area contributed by atoms with Crippen molar-refractivity contribution in [2.75, 3.05) is 0 Å². The molecule has 0 unspecified atom stereocenters. The minimum atomic E-state index is 0.970. The van der Waals surface area contributed by atoms with Gasteiger partial charge in [-0.1, -0.05) is 0 Å². The van der Waals surface area contributed by atoms with E-state index in [-0.39, 0.29) is 0 Å². The highest BCUT2D eigenvalue weighted by atomic mass is 79.9. The van der Waals surface area contributed by atoms with E-state index >= 15 is 0 Å². The zero-order valence-corrected chi connectivity index (χ0v) is 9.62. The zero-order chi connectivity index (χ0) is 10.1. The van der Waals surface area contributed by atoms with Crippen LogP contribution in [0.3, 0.4) is 0 Å². The van der Waals surface area contributed by atoms with E-state index in [0.29, 0.717) is 0 Å². The van der Waals surface area contributed by atoms with E-state index in [1.807, 2.05) is 30.7 Å². The van der Waals surface area contributed by atoms with Crippen LogP contribution in [0.1, 0.15) is 11.4 Å². The maximum absolute atomic E-state index is 4.39. The number of aromatic nitrogens is 3. The Hall–Kier alpha value is -1.16. The Bertz CT molecular complexity index is 462. The van der Waals surface area contributed by atoms with Gasteiger partial charge in [-0.3, -0.25) is 4.98 Å². The van der Waals surface area contributed by atoms with Gasteiger partial charge in [-0.15, -0.1) is 0 Å². The predicted octanol–water partition coefficient (Wildman–Crippen LogP) is 2.65. The molecule has 72 valence electrons. The van der Waals surface area contributed by atoms with Gasteiger partial charge < -0.3 is 0 Å². The molecule has 0 bridgehead atoms. The summed E-state index contributed by atoms with van der Waals surface area (Å²) in [6, 6.07) is 3.95. The molecule has 2 rings (SSSR count). The molecule has 0 aromatic carbocycles. The minimum Gasteiger partial charge on any atom is -0.262 e. The first-order valence-electron chi connectivity index (χ1n) is 4.31. The second-order valence-electron chi connectivity index (χ2n) is 3.17. The first-order valence-corrected chi connectivity index (χ1v) is 5.11. The van der Waals surface area contributed by atoms with Crippen molar-refractivity contribution in [1.82, 2.24) is 14.8 Å². The Balaban J connectivity index is 2.60. The van der Waals surface area contributed by atoms with Crippen LogP contribution in [0, 0.1) is 13.8 Å². The lowest BCUT2D eigenvalue weighted by atomic mass is 10.4. The third-order valence-electron chi connectivity index (χ3n) is 1.99. The van der Waals surface area contributed by atoms with Crippen molar-refractivity contribution in [3.05, 3.63) is 40.4 Å². The first-order chi connectivity index (χ1) is 6.68. The first kappa shape index (κ1) is 9.40. The third-order valence-corrected chi connectivity index (χ3v) is 2.66. The van der Waals surface area contributed by atoms with E-state index in [4.69, 9.17) is 0 Å². The molecule has 2 aromatic rings. The van der Waals surface area contributed by atoms with Crippen LogP contribution in [0.15, 0.2) is 29.0 Å². The van der Waals surface area contributed by atoms with Crippen molar-refractivity contribution >= 4 is 15.9 Å². The smallest absolute Gasteiger partial charge is 0.0973 e. The fourth-order valence-electron chi connectivity index (χ4n) is 1.40. The lowest BCUT2D eigenvalue weighted by molar-refractivity contribution is 0.824. The lowest BCUT2D eigenvalue weighted by Gasteiger charge is -2.05. The summed E-state index contributed by atoms with van der Waals surface area (Å²) in [6.45, 7) is 4.01. The number of hydrogen-bond acceptors (Lipinski definition) is 2. The van der Waals surface area contributed by atoms with Gasteiger partial charge in [0.25, 0.3) is 0 Å². The van der Waals surface area contributed by atoms with Gasteiger partial charge in [-0.25, -0.2) is 4.68 Å². The number of nitrogens with zero attached hydrogens (tertiary/aromatic N) is 3. The summed E-state index contributed by atoms with van der Waals surface area (Å²) in [7, 11) is 0. The van der Waals surface area contributed by atoms with Crippen LogP contribution in [-0.2, 0) is 0 Å². The van der Waals surface area contributed by atoms with Crippen molar-refractivity contribution in [2.24, 2.45) is 0 Å². The Labute approximate surface area is 90.9 Å². The molecule has 2 heterocycles. The molecule has 0 aliphatic carbocycles. The van der Waals surface area contributed by atoms with Gasteiger partial charge in [0.15, 0.2) is 0 Å². The van der Waals surface area contributed by atoms with Crippen LogP contribution < -0.4 is 0 Å². The highest BCUT2D eigenvalue weighted by Gasteiger charge is 2.06. The van der Waals surface area contributed by atoms with E-state index in [2.05, 4.69) is 26.0 Å². The Morgan fingerprint density at radius 2 is 2.14 bits per heavy atom. The largest absolute Gasteiger partial charge is 0.262 e. The number of pyridine rings is 1.